The van der Waals surface area contributed by atoms with Gasteiger partial charge in [0, 0.05) is 16.1 Å². The molecule has 0 saturated carbocycles. The van der Waals surface area contributed by atoms with E-state index in [9.17, 15) is 31.1 Å². The molecule has 1 aromatic carbocycles. The number of ether oxygens (including phenoxy) is 2. The first-order valence-electron chi connectivity index (χ1n) is 8.41. The Morgan fingerprint density at radius 2 is 1.69 bits per heavy atom. The number of benzene rings is 1. The Kier molecular flexibility index (Phi) is 8.73. The fourth-order valence-electron chi connectivity index (χ4n) is 2.35. The van der Waals surface area contributed by atoms with E-state index in [-0.39, 0.29) is 21.3 Å². The van der Waals surface area contributed by atoms with Crippen LogP contribution in [-0.2, 0) is 9.47 Å². The molecule has 1 heterocycles. The molecular formula is C17H14BrCl2F6N3O3. The number of hydrogen-bond acceptors (Lipinski definition) is 4. The first-order valence-corrected chi connectivity index (χ1v) is 9.96. The normalized spacial score (nSPS) is 19.4. The van der Waals surface area contributed by atoms with Crippen LogP contribution in [0.2, 0.25) is 10.0 Å². The van der Waals surface area contributed by atoms with Crippen LogP contribution in [-0.4, -0.2) is 44.0 Å². The predicted octanol–water partition coefficient (Wildman–Crippen LogP) is 5.73. The predicted molar refractivity (Wildman–Crippen MR) is 108 cm³/mol. The maximum atomic E-state index is 12.5. The van der Waals surface area contributed by atoms with Gasteiger partial charge in [0.15, 0.2) is 6.61 Å². The summed E-state index contributed by atoms with van der Waals surface area (Å²) < 4.78 is 84.7. The van der Waals surface area contributed by atoms with Crippen LogP contribution in [0.3, 0.4) is 0 Å². The third-order valence-electron chi connectivity index (χ3n) is 3.64. The van der Waals surface area contributed by atoms with E-state index in [1.165, 1.54) is 12.1 Å². The van der Waals surface area contributed by atoms with Gasteiger partial charge in [-0.2, -0.15) is 26.3 Å². The van der Waals surface area contributed by atoms with E-state index in [1.54, 1.807) is 0 Å². The summed E-state index contributed by atoms with van der Waals surface area (Å²) >= 11 is 15.2. The molecule has 15 heteroatoms. The van der Waals surface area contributed by atoms with Gasteiger partial charge in [-0.05, 0) is 12.1 Å². The van der Waals surface area contributed by atoms with Crippen molar-refractivity contribution in [2.45, 2.75) is 24.7 Å². The van der Waals surface area contributed by atoms with Crippen molar-refractivity contribution in [1.82, 2.24) is 10.6 Å². The summed E-state index contributed by atoms with van der Waals surface area (Å²) in [5.41, 5.74) is -0.173. The number of amides is 2. The highest BCUT2D eigenvalue weighted by Crippen LogP contribution is 2.34. The Hall–Kier alpha value is -1.67. The molecule has 1 aliphatic rings. The molecule has 6 nitrogen and oxygen atoms in total. The van der Waals surface area contributed by atoms with Gasteiger partial charge in [-0.25, -0.2) is 4.79 Å². The lowest BCUT2D eigenvalue weighted by molar-refractivity contribution is -0.185. The van der Waals surface area contributed by atoms with Crippen LogP contribution >= 0.6 is 39.1 Å². The van der Waals surface area contributed by atoms with E-state index in [2.05, 4.69) is 47.9 Å². The topological polar surface area (TPSA) is 71.6 Å². The van der Waals surface area contributed by atoms with Crippen LogP contribution < -0.4 is 16.0 Å². The van der Waals surface area contributed by atoms with Gasteiger partial charge in [0.1, 0.15) is 24.8 Å². The Labute approximate surface area is 196 Å². The van der Waals surface area contributed by atoms with Crippen LogP contribution in [0.1, 0.15) is 0 Å². The van der Waals surface area contributed by atoms with Crippen LogP contribution in [0.25, 0.3) is 0 Å². The van der Waals surface area contributed by atoms with Crippen molar-refractivity contribution in [3.8, 4) is 0 Å². The molecule has 2 rings (SSSR count). The molecule has 0 fully saturated rings. The molecule has 1 aliphatic heterocycles. The van der Waals surface area contributed by atoms with Crippen molar-refractivity contribution < 1.29 is 40.6 Å². The Morgan fingerprint density at radius 3 is 2.22 bits per heavy atom. The second-order valence-electron chi connectivity index (χ2n) is 6.25. The van der Waals surface area contributed by atoms with Crippen molar-refractivity contribution in [2.24, 2.45) is 0 Å². The van der Waals surface area contributed by atoms with E-state index in [0.29, 0.717) is 4.47 Å². The van der Waals surface area contributed by atoms with E-state index in [1.807, 2.05) is 0 Å². The Bertz CT molecular complexity index is 887. The minimum absolute atomic E-state index is 0.0180. The second kappa shape index (κ2) is 10.5. The molecule has 0 spiro atoms. The number of anilines is 1. The number of carbonyl (C=O) groups is 1. The SMILES string of the molecule is C=C1C(OCC(F)(F)F)=CC(OCC(F)(F)F)NC1NC(=O)Nc1c(Cl)cc(Br)cc1Cl. The van der Waals surface area contributed by atoms with Gasteiger partial charge in [0.25, 0.3) is 0 Å². The second-order valence-corrected chi connectivity index (χ2v) is 7.98. The van der Waals surface area contributed by atoms with Crippen LogP contribution in [0, 0.1) is 0 Å². The monoisotopic (exact) mass is 571 g/mol. The zero-order valence-corrected chi connectivity index (χ0v) is 18.7. The van der Waals surface area contributed by atoms with Crippen LogP contribution in [0.5, 0.6) is 0 Å². The standard InChI is InChI=1S/C17H14BrCl2F6N3O3/c1-7-11(31-5-16(21,22)23)4-12(32-6-17(24,25)26)27-14(7)29-15(30)28-13-9(19)2-8(18)3-10(13)20/h2-4,12,14,27H,1,5-6H2,(H2,28,29,30). The van der Waals surface area contributed by atoms with E-state index < -0.39 is 49.8 Å². The summed E-state index contributed by atoms with van der Waals surface area (Å²) in [5, 5.41) is 7.21. The number of rotatable bonds is 6. The third kappa shape index (κ3) is 8.35. The lowest BCUT2D eigenvalue weighted by Crippen LogP contribution is -2.55. The molecule has 2 unspecified atom stereocenters. The van der Waals surface area contributed by atoms with Crippen molar-refractivity contribution in [3.05, 3.63) is 50.6 Å². The highest BCUT2D eigenvalue weighted by atomic mass is 79.9. The van der Waals surface area contributed by atoms with Crippen molar-refractivity contribution in [1.29, 1.82) is 0 Å². The number of carbonyl (C=O) groups excluding carboxylic acids is 1. The van der Waals surface area contributed by atoms with Gasteiger partial charge in [-0.15, -0.1) is 0 Å². The Balaban J connectivity index is 2.15. The molecule has 178 valence electrons. The average molecular weight is 573 g/mol. The minimum atomic E-state index is -4.72. The summed E-state index contributed by atoms with van der Waals surface area (Å²) in [6.45, 7) is 0.0917. The van der Waals surface area contributed by atoms with Gasteiger partial charge in [0.05, 0.1) is 15.7 Å². The molecule has 0 bridgehead atoms. The quantitative estimate of drug-likeness (QED) is 0.381. The first-order chi connectivity index (χ1) is 14.6. The largest absolute Gasteiger partial charge is 0.484 e. The maximum absolute atomic E-state index is 12.5. The molecule has 0 saturated heterocycles. The van der Waals surface area contributed by atoms with Gasteiger partial charge in [0.2, 0.25) is 0 Å². The number of alkyl halides is 6. The average Bonchev–Trinajstić information content (AvgIpc) is 2.62. The highest BCUT2D eigenvalue weighted by molar-refractivity contribution is 9.10. The molecule has 32 heavy (non-hydrogen) atoms. The fraction of sp³-hybridized carbons (Fsp3) is 0.353. The molecule has 2 amide bonds. The maximum Gasteiger partial charge on any atom is 0.422 e. The van der Waals surface area contributed by atoms with Gasteiger partial charge in [-0.3, -0.25) is 5.32 Å². The van der Waals surface area contributed by atoms with Gasteiger partial charge in [-0.1, -0.05) is 45.7 Å². The van der Waals surface area contributed by atoms with Crippen LogP contribution in [0.4, 0.5) is 36.8 Å². The van der Waals surface area contributed by atoms with E-state index >= 15 is 0 Å². The molecule has 0 radical (unpaired) electrons. The number of urea groups is 1. The van der Waals surface area contributed by atoms with E-state index in [4.69, 9.17) is 23.2 Å². The lowest BCUT2D eigenvalue weighted by atomic mass is 10.1. The molecular weight excluding hydrogens is 559 g/mol. The third-order valence-corrected chi connectivity index (χ3v) is 4.69. The van der Waals surface area contributed by atoms with Crippen LogP contribution in [0.15, 0.2) is 40.6 Å². The minimum Gasteiger partial charge on any atom is -0.484 e. The molecule has 0 aliphatic carbocycles. The van der Waals surface area contributed by atoms with Crippen molar-refractivity contribution in [3.63, 3.8) is 0 Å². The summed E-state index contributed by atoms with van der Waals surface area (Å²) in [4.78, 5) is 12.4. The first kappa shape index (κ1) is 26.6. The van der Waals surface area contributed by atoms with Crippen molar-refractivity contribution >= 4 is 50.9 Å². The zero-order chi connectivity index (χ0) is 24.3. The molecule has 2 atom stereocenters. The summed E-state index contributed by atoms with van der Waals surface area (Å²) in [6.07, 6.45) is -11.5. The molecule has 1 aromatic rings. The number of nitrogens with one attached hydrogen (secondary N) is 3. The summed E-state index contributed by atoms with van der Waals surface area (Å²) in [7, 11) is 0. The summed E-state index contributed by atoms with van der Waals surface area (Å²) in [5.74, 6) is -0.502. The van der Waals surface area contributed by atoms with E-state index in [0.717, 1.165) is 6.08 Å². The number of hydrogen-bond donors (Lipinski definition) is 3. The van der Waals surface area contributed by atoms with Gasteiger partial charge >= 0.3 is 18.4 Å². The van der Waals surface area contributed by atoms with Crippen molar-refractivity contribution in [2.75, 3.05) is 18.5 Å². The lowest BCUT2D eigenvalue weighted by Gasteiger charge is -2.32. The molecule has 0 aromatic heterocycles. The smallest absolute Gasteiger partial charge is 0.422 e. The van der Waals surface area contributed by atoms with Gasteiger partial charge < -0.3 is 20.1 Å². The zero-order valence-electron chi connectivity index (χ0n) is 15.6. The number of halogens is 9. The Morgan fingerprint density at radius 1 is 1.12 bits per heavy atom. The summed E-state index contributed by atoms with van der Waals surface area (Å²) in [6, 6.07) is 1.93. The highest BCUT2D eigenvalue weighted by Gasteiger charge is 2.35. The fourth-order valence-corrected chi connectivity index (χ4v) is 3.65. The molecule has 3 N–H and O–H groups in total.